The zero-order chi connectivity index (χ0) is 23.2. The van der Waals surface area contributed by atoms with Crippen LogP contribution in [0.3, 0.4) is 0 Å². The Bertz CT molecular complexity index is 1170. The van der Waals surface area contributed by atoms with Crippen molar-refractivity contribution < 1.29 is 14.3 Å². The number of halogens is 1. The molecule has 2 aromatic carbocycles. The number of nitrogens with zero attached hydrogens (tertiary/aromatic N) is 2. The second-order valence-corrected chi connectivity index (χ2v) is 8.17. The topological polar surface area (TPSA) is 88.6 Å². The Hall–Kier alpha value is -3.07. The van der Waals surface area contributed by atoms with Crippen molar-refractivity contribution in [1.82, 2.24) is 19.8 Å². The highest BCUT2D eigenvalue weighted by Crippen LogP contribution is 2.29. The molecule has 1 saturated heterocycles. The first-order valence-electron chi connectivity index (χ1n) is 10.9. The minimum Gasteiger partial charge on any atom is -0.493 e. The van der Waals surface area contributed by atoms with Crippen molar-refractivity contribution in [3.63, 3.8) is 0 Å². The molecular weight excluding hydrogens is 444 g/mol. The van der Waals surface area contributed by atoms with Gasteiger partial charge >= 0.3 is 5.69 Å². The fourth-order valence-corrected chi connectivity index (χ4v) is 4.07. The Balaban J connectivity index is 1.78. The van der Waals surface area contributed by atoms with Gasteiger partial charge in [-0.3, -0.25) is 9.36 Å². The fourth-order valence-electron chi connectivity index (χ4n) is 3.88. The average Bonchev–Trinajstić information content (AvgIpc) is 3.19. The standard InChI is InChI=1S/C24H27ClN4O4/c1-32-13-4-14-33-20-8-3-7-19(16-20)29-22(17-5-2-6-18(25)15-17)21(27-24(29)31)23(30)28-11-9-26-10-12-28/h2-3,5-8,15-16,26H,4,9-14H2,1H3,(H,27,31). The molecule has 0 spiro atoms. The Morgan fingerprint density at radius 2 is 1.88 bits per heavy atom. The third-order valence-electron chi connectivity index (χ3n) is 5.45. The molecule has 33 heavy (non-hydrogen) atoms. The van der Waals surface area contributed by atoms with E-state index in [4.69, 9.17) is 21.1 Å². The number of hydrogen-bond acceptors (Lipinski definition) is 5. The summed E-state index contributed by atoms with van der Waals surface area (Å²) in [5.74, 6) is 0.415. The molecule has 2 heterocycles. The van der Waals surface area contributed by atoms with Crippen molar-refractivity contribution in [3.8, 4) is 22.7 Å². The molecule has 1 aliphatic rings. The van der Waals surface area contributed by atoms with Crippen molar-refractivity contribution in [2.24, 2.45) is 0 Å². The van der Waals surface area contributed by atoms with Crippen LogP contribution in [0.25, 0.3) is 16.9 Å². The van der Waals surface area contributed by atoms with Crippen LogP contribution in [-0.4, -0.2) is 66.9 Å². The quantitative estimate of drug-likeness (QED) is 0.494. The molecule has 0 atom stereocenters. The Labute approximate surface area is 197 Å². The van der Waals surface area contributed by atoms with E-state index in [0.29, 0.717) is 67.1 Å². The van der Waals surface area contributed by atoms with E-state index in [9.17, 15) is 9.59 Å². The number of piperazine rings is 1. The summed E-state index contributed by atoms with van der Waals surface area (Å²) >= 11 is 6.26. The van der Waals surface area contributed by atoms with Gasteiger partial charge in [0.2, 0.25) is 0 Å². The highest BCUT2D eigenvalue weighted by molar-refractivity contribution is 6.30. The van der Waals surface area contributed by atoms with Gasteiger partial charge < -0.3 is 24.7 Å². The predicted octanol–water partition coefficient (Wildman–Crippen LogP) is 2.95. The first-order valence-corrected chi connectivity index (χ1v) is 11.3. The van der Waals surface area contributed by atoms with Gasteiger partial charge in [-0.25, -0.2) is 4.79 Å². The van der Waals surface area contributed by atoms with E-state index >= 15 is 0 Å². The number of carbonyl (C=O) groups is 1. The molecule has 4 rings (SSSR count). The molecule has 0 bridgehead atoms. The van der Waals surface area contributed by atoms with Gasteiger partial charge in [0.1, 0.15) is 11.4 Å². The van der Waals surface area contributed by atoms with Crippen LogP contribution in [0.1, 0.15) is 16.9 Å². The van der Waals surface area contributed by atoms with Crippen LogP contribution in [0, 0.1) is 0 Å². The van der Waals surface area contributed by atoms with Crippen molar-refractivity contribution >= 4 is 17.5 Å². The molecule has 2 N–H and O–H groups in total. The molecule has 1 fully saturated rings. The molecule has 174 valence electrons. The molecule has 1 aliphatic heterocycles. The third-order valence-corrected chi connectivity index (χ3v) is 5.68. The highest BCUT2D eigenvalue weighted by Gasteiger charge is 2.27. The fraction of sp³-hybridized carbons (Fsp3) is 0.333. The number of nitrogens with one attached hydrogen (secondary N) is 2. The van der Waals surface area contributed by atoms with E-state index in [1.807, 2.05) is 24.3 Å². The van der Waals surface area contributed by atoms with Crippen molar-refractivity contribution in [2.45, 2.75) is 6.42 Å². The van der Waals surface area contributed by atoms with Gasteiger partial charge in [0, 0.05) is 63.0 Å². The van der Waals surface area contributed by atoms with Gasteiger partial charge in [-0.1, -0.05) is 29.8 Å². The summed E-state index contributed by atoms with van der Waals surface area (Å²) in [6.07, 6.45) is 0.752. The number of amides is 1. The number of imidazole rings is 1. The highest BCUT2D eigenvalue weighted by atomic mass is 35.5. The summed E-state index contributed by atoms with van der Waals surface area (Å²) in [6, 6.07) is 14.4. The summed E-state index contributed by atoms with van der Waals surface area (Å²) in [6.45, 7) is 3.68. The molecule has 0 radical (unpaired) electrons. The number of aromatic nitrogens is 2. The van der Waals surface area contributed by atoms with Crippen LogP contribution >= 0.6 is 11.6 Å². The van der Waals surface area contributed by atoms with Gasteiger partial charge in [0.15, 0.2) is 0 Å². The zero-order valence-electron chi connectivity index (χ0n) is 18.5. The first kappa shape index (κ1) is 23.1. The van der Waals surface area contributed by atoms with Crippen LogP contribution in [0.4, 0.5) is 0 Å². The lowest BCUT2D eigenvalue weighted by molar-refractivity contribution is 0.0731. The minimum absolute atomic E-state index is 0.214. The van der Waals surface area contributed by atoms with Crippen LogP contribution in [0.2, 0.25) is 5.02 Å². The lowest BCUT2D eigenvalue weighted by Gasteiger charge is -2.27. The van der Waals surface area contributed by atoms with E-state index in [0.717, 1.165) is 6.42 Å². The molecule has 0 aliphatic carbocycles. The maximum Gasteiger partial charge on any atom is 0.331 e. The number of H-pyrrole nitrogens is 1. The second-order valence-electron chi connectivity index (χ2n) is 7.73. The predicted molar refractivity (Wildman–Crippen MR) is 128 cm³/mol. The smallest absolute Gasteiger partial charge is 0.331 e. The van der Waals surface area contributed by atoms with E-state index in [2.05, 4.69) is 10.3 Å². The summed E-state index contributed by atoms with van der Waals surface area (Å²) in [5, 5.41) is 3.76. The SMILES string of the molecule is COCCCOc1cccc(-n2c(-c3cccc(Cl)c3)c(C(=O)N3CCNCC3)[nH]c2=O)c1. The minimum atomic E-state index is -0.403. The van der Waals surface area contributed by atoms with Gasteiger partial charge in [-0.2, -0.15) is 0 Å². The lowest BCUT2D eigenvalue weighted by atomic mass is 10.1. The number of methoxy groups -OCH3 is 1. The number of hydrogen-bond donors (Lipinski definition) is 2. The number of aromatic amines is 1. The van der Waals surface area contributed by atoms with Gasteiger partial charge in [0.25, 0.3) is 5.91 Å². The third kappa shape index (κ3) is 5.30. The monoisotopic (exact) mass is 470 g/mol. The average molecular weight is 471 g/mol. The van der Waals surface area contributed by atoms with E-state index in [1.165, 1.54) is 4.57 Å². The zero-order valence-corrected chi connectivity index (χ0v) is 19.2. The lowest BCUT2D eigenvalue weighted by Crippen LogP contribution is -2.46. The van der Waals surface area contributed by atoms with E-state index < -0.39 is 5.69 Å². The van der Waals surface area contributed by atoms with Crippen LogP contribution in [0.5, 0.6) is 5.75 Å². The van der Waals surface area contributed by atoms with E-state index in [1.54, 1.807) is 36.3 Å². The van der Waals surface area contributed by atoms with Crippen LogP contribution < -0.4 is 15.7 Å². The molecule has 3 aromatic rings. The van der Waals surface area contributed by atoms with Crippen LogP contribution in [-0.2, 0) is 4.74 Å². The number of carbonyl (C=O) groups excluding carboxylic acids is 1. The maximum atomic E-state index is 13.4. The molecule has 0 saturated carbocycles. The van der Waals surface area contributed by atoms with Gasteiger partial charge in [0.05, 0.1) is 18.0 Å². The largest absolute Gasteiger partial charge is 0.493 e. The molecular formula is C24H27ClN4O4. The number of ether oxygens (including phenoxy) is 2. The Kier molecular flexibility index (Phi) is 7.49. The summed E-state index contributed by atoms with van der Waals surface area (Å²) < 4.78 is 12.4. The van der Waals surface area contributed by atoms with E-state index in [-0.39, 0.29) is 11.6 Å². The van der Waals surface area contributed by atoms with Crippen molar-refractivity contribution in [2.75, 3.05) is 46.5 Å². The molecule has 8 nitrogen and oxygen atoms in total. The van der Waals surface area contributed by atoms with Crippen LogP contribution in [0.15, 0.2) is 53.3 Å². The first-order chi connectivity index (χ1) is 16.1. The maximum absolute atomic E-state index is 13.4. The Morgan fingerprint density at radius 3 is 2.64 bits per heavy atom. The van der Waals surface area contributed by atoms with Gasteiger partial charge in [-0.05, 0) is 24.3 Å². The second kappa shape index (κ2) is 10.7. The number of benzene rings is 2. The summed E-state index contributed by atoms with van der Waals surface area (Å²) in [7, 11) is 1.65. The summed E-state index contributed by atoms with van der Waals surface area (Å²) in [5.41, 5.74) is 1.58. The molecule has 9 heteroatoms. The molecule has 1 amide bonds. The van der Waals surface area contributed by atoms with Gasteiger partial charge in [-0.15, -0.1) is 0 Å². The summed E-state index contributed by atoms with van der Waals surface area (Å²) in [4.78, 5) is 31.1. The molecule has 1 aromatic heterocycles. The number of rotatable bonds is 8. The van der Waals surface area contributed by atoms with Crippen molar-refractivity contribution in [3.05, 3.63) is 69.7 Å². The molecule has 0 unspecified atom stereocenters. The Morgan fingerprint density at radius 1 is 1.09 bits per heavy atom. The normalized spacial score (nSPS) is 13.8. The van der Waals surface area contributed by atoms with Crippen molar-refractivity contribution in [1.29, 1.82) is 0 Å².